The number of anilines is 2. The Hall–Kier alpha value is -1.43. The first-order valence-electron chi connectivity index (χ1n) is 6.84. The van der Waals surface area contributed by atoms with Crippen LogP contribution in [0.15, 0.2) is 6.20 Å². The van der Waals surface area contributed by atoms with Crippen molar-refractivity contribution >= 4 is 11.8 Å². The molecule has 19 heavy (non-hydrogen) atoms. The summed E-state index contributed by atoms with van der Waals surface area (Å²) >= 11 is 0. The third-order valence-corrected chi connectivity index (χ3v) is 3.46. The van der Waals surface area contributed by atoms with E-state index < -0.39 is 5.82 Å². The maximum atomic E-state index is 13.6. The molecule has 1 aliphatic carbocycles. The summed E-state index contributed by atoms with van der Waals surface area (Å²) < 4.78 is 13.6. The van der Waals surface area contributed by atoms with Crippen molar-refractivity contribution in [2.75, 3.05) is 30.8 Å². The van der Waals surface area contributed by atoms with Crippen molar-refractivity contribution in [2.45, 2.75) is 38.8 Å². The van der Waals surface area contributed by atoms with Crippen LogP contribution >= 0.6 is 0 Å². The summed E-state index contributed by atoms with van der Waals surface area (Å²) in [5, 5.41) is 6.04. The van der Waals surface area contributed by atoms with Gasteiger partial charge in [-0.3, -0.25) is 4.90 Å². The van der Waals surface area contributed by atoms with Crippen LogP contribution in [-0.2, 0) is 0 Å². The zero-order valence-electron chi connectivity index (χ0n) is 11.8. The molecule has 1 unspecified atom stereocenters. The number of likely N-dealkylation sites (N-methyl/N-ethyl adjacent to an activating group) is 1. The molecule has 1 fully saturated rings. The molecule has 0 aliphatic heterocycles. The lowest BCUT2D eigenvalue weighted by atomic mass is 10.3. The number of nitrogens with one attached hydrogen (secondary N) is 2. The second-order valence-electron chi connectivity index (χ2n) is 5.05. The van der Waals surface area contributed by atoms with Crippen molar-refractivity contribution in [3.05, 3.63) is 12.0 Å². The van der Waals surface area contributed by atoms with Crippen LogP contribution in [0.5, 0.6) is 0 Å². The predicted molar refractivity (Wildman–Crippen MR) is 74.9 cm³/mol. The van der Waals surface area contributed by atoms with E-state index in [1.54, 1.807) is 0 Å². The van der Waals surface area contributed by atoms with E-state index in [0.717, 1.165) is 0 Å². The first-order valence-corrected chi connectivity index (χ1v) is 6.84. The summed E-state index contributed by atoms with van der Waals surface area (Å²) in [7, 11) is 2.12. The van der Waals surface area contributed by atoms with Crippen LogP contribution in [-0.4, -0.2) is 47.1 Å². The number of hydrogen-bond acceptors (Lipinski definition) is 5. The van der Waals surface area contributed by atoms with Gasteiger partial charge in [0.1, 0.15) is 0 Å². The maximum absolute atomic E-state index is 13.6. The van der Waals surface area contributed by atoms with Crippen LogP contribution in [0.2, 0.25) is 0 Å². The molecular formula is C13H22FN5. The van der Waals surface area contributed by atoms with Crippen LogP contribution in [0.3, 0.4) is 0 Å². The minimum Gasteiger partial charge on any atom is -0.366 e. The largest absolute Gasteiger partial charge is 0.366 e. The van der Waals surface area contributed by atoms with Crippen molar-refractivity contribution < 1.29 is 4.39 Å². The Kier molecular flexibility index (Phi) is 4.52. The lowest BCUT2D eigenvalue weighted by Gasteiger charge is -2.24. The highest BCUT2D eigenvalue weighted by atomic mass is 19.1. The highest BCUT2D eigenvalue weighted by molar-refractivity contribution is 5.41. The van der Waals surface area contributed by atoms with E-state index >= 15 is 0 Å². The van der Waals surface area contributed by atoms with Gasteiger partial charge in [-0.05, 0) is 33.7 Å². The minimum absolute atomic E-state index is 0.266. The van der Waals surface area contributed by atoms with E-state index in [1.807, 2.05) is 6.92 Å². The number of halogens is 1. The summed E-state index contributed by atoms with van der Waals surface area (Å²) in [5.41, 5.74) is 0. The molecule has 1 atom stereocenters. The van der Waals surface area contributed by atoms with Gasteiger partial charge in [0, 0.05) is 25.2 Å². The van der Waals surface area contributed by atoms with E-state index in [4.69, 9.17) is 0 Å². The molecule has 1 aliphatic rings. The Morgan fingerprint density at radius 1 is 1.47 bits per heavy atom. The van der Waals surface area contributed by atoms with Crippen molar-refractivity contribution in [3.8, 4) is 0 Å². The molecule has 1 aromatic heterocycles. The molecule has 0 bridgehead atoms. The standard InChI is InChI=1S/C13H22FN5/c1-4-15-13-17-8-11(14)12(18-13)16-7-9(2)19(3)10-5-6-10/h8-10H,4-7H2,1-3H3,(H2,15,16,17,18). The predicted octanol–water partition coefficient (Wildman–Crippen LogP) is 1.94. The Morgan fingerprint density at radius 2 is 2.21 bits per heavy atom. The van der Waals surface area contributed by atoms with Crippen molar-refractivity contribution in [1.82, 2.24) is 14.9 Å². The summed E-state index contributed by atoms with van der Waals surface area (Å²) in [5.74, 6) is 0.305. The highest BCUT2D eigenvalue weighted by Gasteiger charge is 2.29. The van der Waals surface area contributed by atoms with Gasteiger partial charge >= 0.3 is 0 Å². The SMILES string of the molecule is CCNc1ncc(F)c(NCC(C)N(C)C2CC2)n1. The van der Waals surface area contributed by atoms with Gasteiger partial charge in [-0.15, -0.1) is 0 Å². The second kappa shape index (κ2) is 6.14. The zero-order valence-corrected chi connectivity index (χ0v) is 11.8. The van der Waals surface area contributed by atoms with Gasteiger partial charge in [-0.25, -0.2) is 9.37 Å². The third-order valence-electron chi connectivity index (χ3n) is 3.46. The normalized spacial score (nSPS) is 16.5. The lowest BCUT2D eigenvalue weighted by Crippen LogP contribution is -2.36. The molecule has 5 nitrogen and oxygen atoms in total. The van der Waals surface area contributed by atoms with Gasteiger partial charge < -0.3 is 10.6 Å². The highest BCUT2D eigenvalue weighted by Crippen LogP contribution is 2.27. The molecule has 6 heteroatoms. The van der Waals surface area contributed by atoms with Gasteiger partial charge in [0.05, 0.1) is 6.20 Å². The Morgan fingerprint density at radius 3 is 2.84 bits per heavy atom. The summed E-state index contributed by atoms with van der Waals surface area (Å²) in [6, 6.07) is 1.05. The first-order chi connectivity index (χ1) is 9.11. The topological polar surface area (TPSA) is 53.1 Å². The van der Waals surface area contributed by atoms with Crippen LogP contribution < -0.4 is 10.6 Å². The summed E-state index contributed by atoms with van der Waals surface area (Å²) in [4.78, 5) is 10.3. The number of nitrogens with zero attached hydrogens (tertiary/aromatic N) is 3. The van der Waals surface area contributed by atoms with Gasteiger partial charge in [0.15, 0.2) is 11.6 Å². The van der Waals surface area contributed by atoms with Gasteiger partial charge in [0.2, 0.25) is 5.95 Å². The Labute approximate surface area is 113 Å². The molecular weight excluding hydrogens is 245 g/mol. The molecule has 106 valence electrons. The monoisotopic (exact) mass is 267 g/mol. The average molecular weight is 267 g/mol. The first kappa shape index (κ1) is 14.0. The fourth-order valence-corrected chi connectivity index (χ4v) is 1.96. The van der Waals surface area contributed by atoms with Gasteiger partial charge in [0.25, 0.3) is 0 Å². The van der Waals surface area contributed by atoms with Crippen LogP contribution in [0, 0.1) is 5.82 Å². The minimum atomic E-state index is -0.414. The molecule has 1 saturated carbocycles. The number of hydrogen-bond donors (Lipinski definition) is 2. The molecule has 0 saturated heterocycles. The number of rotatable bonds is 7. The molecule has 1 heterocycles. The molecule has 2 rings (SSSR count). The van der Waals surface area contributed by atoms with Crippen molar-refractivity contribution in [2.24, 2.45) is 0 Å². The summed E-state index contributed by atoms with van der Waals surface area (Å²) in [6.07, 6.45) is 3.74. The van der Waals surface area contributed by atoms with E-state index in [2.05, 4.69) is 39.5 Å². The van der Waals surface area contributed by atoms with E-state index in [1.165, 1.54) is 19.0 Å². The van der Waals surface area contributed by atoms with Crippen molar-refractivity contribution in [3.63, 3.8) is 0 Å². The zero-order chi connectivity index (χ0) is 13.8. The van der Waals surface area contributed by atoms with Crippen LogP contribution in [0.4, 0.5) is 16.2 Å². The van der Waals surface area contributed by atoms with Crippen LogP contribution in [0.25, 0.3) is 0 Å². The Balaban J connectivity index is 1.92. The molecule has 2 N–H and O–H groups in total. The molecule has 1 aromatic rings. The molecule has 0 aromatic carbocycles. The van der Waals surface area contributed by atoms with E-state index in [9.17, 15) is 4.39 Å². The maximum Gasteiger partial charge on any atom is 0.224 e. The smallest absolute Gasteiger partial charge is 0.224 e. The number of aromatic nitrogens is 2. The van der Waals surface area contributed by atoms with Gasteiger partial charge in [-0.2, -0.15) is 4.98 Å². The second-order valence-corrected chi connectivity index (χ2v) is 5.05. The molecule has 0 radical (unpaired) electrons. The molecule has 0 spiro atoms. The van der Waals surface area contributed by atoms with Gasteiger partial charge in [-0.1, -0.05) is 0 Å². The lowest BCUT2D eigenvalue weighted by molar-refractivity contribution is 0.257. The third kappa shape index (κ3) is 3.76. The quantitative estimate of drug-likeness (QED) is 0.790. The average Bonchev–Trinajstić information content (AvgIpc) is 3.22. The summed E-state index contributed by atoms with van der Waals surface area (Å²) in [6.45, 7) is 5.47. The Bertz CT molecular complexity index is 421. The van der Waals surface area contributed by atoms with E-state index in [-0.39, 0.29) is 5.82 Å². The van der Waals surface area contributed by atoms with Crippen LogP contribution in [0.1, 0.15) is 26.7 Å². The fraction of sp³-hybridized carbons (Fsp3) is 0.692. The van der Waals surface area contributed by atoms with E-state index in [0.29, 0.717) is 31.1 Å². The molecule has 0 amide bonds. The fourth-order valence-electron chi connectivity index (χ4n) is 1.96. The van der Waals surface area contributed by atoms with Crippen molar-refractivity contribution in [1.29, 1.82) is 0 Å².